The summed E-state index contributed by atoms with van der Waals surface area (Å²) in [7, 11) is 0. The second-order valence-corrected chi connectivity index (χ2v) is 9.36. The summed E-state index contributed by atoms with van der Waals surface area (Å²) in [6.45, 7) is 6.80. The Hall–Kier alpha value is -1.81. The standard InChI is InChI=1S/C25H30O/c1-23(2)20-13-18-25(17-12-19-9-5-4-6-10-19)15-8-7-11-21(25)24(20,3)16-14-22(23)26/h4-6,9-11,20H,7-8,13-16,18H2,1-3H3/t20-,24-,25-/m0/s1. The number of benzene rings is 1. The van der Waals surface area contributed by atoms with E-state index >= 15 is 0 Å². The van der Waals surface area contributed by atoms with Gasteiger partial charge in [0.15, 0.2) is 0 Å². The van der Waals surface area contributed by atoms with Crippen molar-refractivity contribution < 1.29 is 4.79 Å². The largest absolute Gasteiger partial charge is 0.299 e. The number of Topliss-reactive ketones (excluding diaryl/α,β-unsaturated/α-hetero) is 1. The second kappa shape index (κ2) is 6.12. The maximum absolute atomic E-state index is 12.6. The third-order valence-corrected chi connectivity index (χ3v) is 7.60. The molecular formula is C25H30O. The van der Waals surface area contributed by atoms with E-state index in [1.54, 1.807) is 5.57 Å². The van der Waals surface area contributed by atoms with E-state index < -0.39 is 0 Å². The Balaban J connectivity index is 1.77. The molecule has 0 spiro atoms. The summed E-state index contributed by atoms with van der Waals surface area (Å²) >= 11 is 0. The number of carbonyl (C=O) groups excluding carboxylic acids is 1. The van der Waals surface area contributed by atoms with Crippen molar-refractivity contribution in [2.24, 2.45) is 22.2 Å². The molecule has 1 aromatic carbocycles. The fraction of sp³-hybridized carbons (Fsp3) is 0.560. The highest BCUT2D eigenvalue weighted by Gasteiger charge is 2.59. The van der Waals surface area contributed by atoms with Crippen molar-refractivity contribution >= 4 is 5.78 Å². The van der Waals surface area contributed by atoms with Gasteiger partial charge in [-0.1, -0.05) is 56.9 Å². The summed E-state index contributed by atoms with van der Waals surface area (Å²) < 4.78 is 0. The van der Waals surface area contributed by atoms with Crippen LogP contribution in [0.3, 0.4) is 0 Å². The number of rotatable bonds is 0. The first kappa shape index (κ1) is 17.6. The van der Waals surface area contributed by atoms with E-state index in [-0.39, 0.29) is 16.2 Å². The molecule has 0 N–H and O–H groups in total. The average Bonchev–Trinajstić information content (AvgIpc) is 2.64. The average molecular weight is 347 g/mol. The Kier molecular flexibility index (Phi) is 4.14. The minimum Gasteiger partial charge on any atom is -0.299 e. The van der Waals surface area contributed by atoms with E-state index in [9.17, 15) is 4.79 Å². The van der Waals surface area contributed by atoms with Crippen molar-refractivity contribution in [2.45, 2.75) is 65.7 Å². The highest BCUT2D eigenvalue weighted by atomic mass is 16.1. The number of hydrogen-bond acceptors (Lipinski definition) is 1. The molecule has 1 nitrogen and oxygen atoms in total. The number of hydrogen-bond donors (Lipinski definition) is 0. The Morgan fingerprint density at radius 3 is 2.58 bits per heavy atom. The zero-order chi connectivity index (χ0) is 18.4. The number of allylic oxidation sites excluding steroid dienone is 2. The summed E-state index contributed by atoms with van der Waals surface area (Å²) in [6.07, 6.45) is 10.0. The van der Waals surface area contributed by atoms with Crippen molar-refractivity contribution in [1.82, 2.24) is 0 Å². The van der Waals surface area contributed by atoms with Crippen LogP contribution < -0.4 is 0 Å². The molecule has 26 heavy (non-hydrogen) atoms. The summed E-state index contributed by atoms with van der Waals surface area (Å²) in [6, 6.07) is 10.4. The molecule has 0 unspecified atom stereocenters. The Morgan fingerprint density at radius 2 is 1.81 bits per heavy atom. The molecule has 2 saturated carbocycles. The normalized spacial score (nSPS) is 35.4. The van der Waals surface area contributed by atoms with E-state index in [0.29, 0.717) is 11.7 Å². The Bertz CT molecular complexity index is 804. The van der Waals surface area contributed by atoms with Gasteiger partial charge in [-0.15, -0.1) is 0 Å². The quantitative estimate of drug-likeness (QED) is 0.420. The van der Waals surface area contributed by atoms with Crippen LogP contribution in [0.5, 0.6) is 0 Å². The topological polar surface area (TPSA) is 17.1 Å². The summed E-state index contributed by atoms with van der Waals surface area (Å²) in [5.74, 6) is 8.14. The van der Waals surface area contributed by atoms with Gasteiger partial charge in [-0.3, -0.25) is 4.79 Å². The Labute approximate surface area is 158 Å². The second-order valence-electron chi connectivity index (χ2n) is 9.36. The molecule has 0 radical (unpaired) electrons. The van der Waals surface area contributed by atoms with E-state index in [1.165, 1.54) is 19.3 Å². The SMILES string of the molecule is CC1(C)C(=O)CC[C@]2(C)C3=CCCC[C@]3(C#Cc3ccccc3)CC[C@@H]12. The molecule has 0 bridgehead atoms. The van der Waals surface area contributed by atoms with E-state index in [0.717, 1.165) is 31.2 Å². The molecule has 3 atom stereocenters. The van der Waals surface area contributed by atoms with Crippen LogP contribution in [0.2, 0.25) is 0 Å². The number of carbonyl (C=O) groups is 1. The lowest BCUT2D eigenvalue weighted by Gasteiger charge is -2.59. The fourth-order valence-corrected chi connectivity index (χ4v) is 6.18. The zero-order valence-electron chi connectivity index (χ0n) is 16.4. The van der Waals surface area contributed by atoms with Gasteiger partial charge in [-0.05, 0) is 67.6 Å². The predicted octanol–water partition coefficient (Wildman–Crippen LogP) is 5.94. The van der Waals surface area contributed by atoms with Crippen molar-refractivity contribution in [3.8, 4) is 11.8 Å². The van der Waals surface area contributed by atoms with Crippen LogP contribution in [0.25, 0.3) is 0 Å². The third kappa shape index (κ3) is 2.58. The smallest absolute Gasteiger partial charge is 0.138 e. The van der Waals surface area contributed by atoms with Gasteiger partial charge in [0.1, 0.15) is 5.78 Å². The fourth-order valence-electron chi connectivity index (χ4n) is 6.18. The van der Waals surface area contributed by atoms with Gasteiger partial charge >= 0.3 is 0 Å². The minimum absolute atomic E-state index is 0.0236. The minimum atomic E-state index is -0.204. The lowest BCUT2D eigenvalue weighted by atomic mass is 9.44. The monoisotopic (exact) mass is 346 g/mol. The van der Waals surface area contributed by atoms with Gasteiger partial charge in [0.25, 0.3) is 0 Å². The van der Waals surface area contributed by atoms with Crippen molar-refractivity contribution in [3.05, 3.63) is 47.5 Å². The molecule has 1 heteroatoms. The van der Waals surface area contributed by atoms with Crippen LogP contribution in [0.1, 0.15) is 71.3 Å². The van der Waals surface area contributed by atoms with Crippen LogP contribution in [-0.4, -0.2) is 5.78 Å². The molecule has 1 aromatic rings. The molecule has 0 heterocycles. The molecule has 2 fully saturated rings. The lowest BCUT2D eigenvalue weighted by molar-refractivity contribution is -0.141. The van der Waals surface area contributed by atoms with Crippen LogP contribution in [0.15, 0.2) is 42.0 Å². The number of fused-ring (bicyclic) bond motifs is 3. The zero-order valence-corrected chi connectivity index (χ0v) is 16.4. The first-order valence-corrected chi connectivity index (χ1v) is 10.2. The van der Waals surface area contributed by atoms with Crippen molar-refractivity contribution in [2.75, 3.05) is 0 Å². The van der Waals surface area contributed by atoms with Gasteiger partial charge in [0.05, 0.1) is 5.41 Å². The summed E-state index contributed by atoms with van der Waals surface area (Å²) in [5.41, 5.74) is 2.62. The van der Waals surface area contributed by atoms with Crippen LogP contribution in [-0.2, 0) is 4.79 Å². The van der Waals surface area contributed by atoms with Crippen molar-refractivity contribution in [1.29, 1.82) is 0 Å². The molecule has 0 aromatic heterocycles. The van der Waals surface area contributed by atoms with Gasteiger partial charge in [-0.2, -0.15) is 0 Å². The summed E-state index contributed by atoms with van der Waals surface area (Å²) in [5, 5.41) is 0. The third-order valence-electron chi connectivity index (χ3n) is 7.60. The first-order valence-electron chi connectivity index (χ1n) is 10.2. The molecule has 0 amide bonds. The first-order chi connectivity index (χ1) is 12.4. The molecule has 4 rings (SSSR count). The number of ketones is 1. The highest BCUT2D eigenvalue weighted by Crippen LogP contribution is 2.65. The molecule has 3 aliphatic carbocycles. The van der Waals surface area contributed by atoms with E-state index in [4.69, 9.17) is 0 Å². The van der Waals surface area contributed by atoms with E-state index in [1.807, 2.05) is 6.07 Å². The molecule has 0 aliphatic heterocycles. The molecule has 136 valence electrons. The van der Waals surface area contributed by atoms with Gasteiger partial charge in [-0.25, -0.2) is 0 Å². The van der Waals surface area contributed by atoms with Gasteiger partial charge in [0.2, 0.25) is 0 Å². The predicted molar refractivity (Wildman–Crippen MR) is 107 cm³/mol. The van der Waals surface area contributed by atoms with Crippen LogP contribution in [0, 0.1) is 34.0 Å². The lowest BCUT2D eigenvalue weighted by Crippen LogP contribution is -2.54. The van der Waals surface area contributed by atoms with E-state index in [2.05, 4.69) is 63.0 Å². The summed E-state index contributed by atoms with van der Waals surface area (Å²) in [4.78, 5) is 12.6. The molecule has 3 aliphatic rings. The van der Waals surface area contributed by atoms with Crippen molar-refractivity contribution in [3.63, 3.8) is 0 Å². The van der Waals surface area contributed by atoms with Crippen LogP contribution >= 0.6 is 0 Å². The maximum atomic E-state index is 12.6. The highest BCUT2D eigenvalue weighted by molar-refractivity contribution is 5.85. The molecule has 0 saturated heterocycles. The van der Waals surface area contributed by atoms with Gasteiger partial charge in [0, 0.05) is 17.4 Å². The maximum Gasteiger partial charge on any atom is 0.138 e. The van der Waals surface area contributed by atoms with Gasteiger partial charge < -0.3 is 0 Å². The molecular weight excluding hydrogens is 316 g/mol. The van der Waals surface area contributed by atoms with Crippen LogP contribution in [0.4, 0.5) is 0 Å². The Morgan fingerprint density at radius 1 is 1.04 bits per heavy atom.